The van der Waals surface area contributed by atoms with Crippen molar-refractivity contribution in [2.24, 2.45) is 0 Å². The van der Waals surface area contributed by atoms with Gasteiger partial charge in [-0.15, -0.1) is 0 Å². The maximum atomic E-state index is 11.4. The number of nitrogens with one attached hydrogen (secondary N) is 1. The molecular weight excluding hydrogens is 560 g/mol. The van der Waals surface area contributed by atoms with E-state index >= 15 is 0 Å². The van der Waals surface area contributed by atoms with Crippen LogP contribution < -0.4 is 5.32 Å². The third-order valence-corrected chi connectivity index (χ3v) is 7.06. The van der Waals surface area contributed by atoms with Crippen LogP contribution in [0.2, 0.25) is 0 Å². The third-order valence-electron chi connectivity index (χ3n) is 7.06. The smallest absolute Gasteiger partial charge is 0.269 e. The highest BCUT2D eigenvalue weighted by molar-refractivity contribution is 5.35. The van der Waals surface area contributed by atoms with Gasteiger partial charge in [0.25, 0.3) is 11.4 Å². The quantitative estimate of drug-likeness (QED) is 0.0913. The first-order chi connectivity index (χ1) is 21.4. The van der Waals surface area contributed by atoms with Gasteiger partial charge in [0.2, 0.25) is 0 Å². The van der Waals surface area contributed by atoms with Gasteiger partial charge in [0, 0.05) is 76.7 Å². The fourth-order valence-corrected chi connectivity index (χ4v) is 5.01. The first-order valence-electron chi connectivity index (χ1n) is 14.6. The van der Waals surface area contributed by atoms with Crippen LogP contribution in [0, 0.1) is 20.2 Å². The lowest BCUT2D eigenvalue weighted by atomic mass is 10.1. The van der Waals surface area contributed by atoms with E-state index in [1.54, 1.807) is 24.3 Å². The van der Waals surface area contributed by atoms with Gasteiger partial charge < -0.3 is 10.4 Å². The number of nitro groups is 2. The van der Waals surface area contributed by atoms with E-state index in [1.807, 2.05) is 48.5 Å². The average molecular weight is 599 g/mol. The second-order valence-electron chi connectivity index (χ2n) is 10.6. The lowest BCUT2D eigenvalue weighted by molar-refractivity contribution is -0.385. The van der Waals surface area contributed by atoms with Crippen LogP contribution in [0.5, 0.6) is 0 Å². The zero-order valence-corrected chi connectivity index (χ0v) is 24.6. The Morgan fingerprint density at radius 2 is 1.16 bits per heavy atom. The molecule has 4 aromatic rings. The minimum atomic E-state index is -0.385. The number of hydrogen-bond donors (Lipinski definition) is 2. The average Bonchev–Trinajstić information content (AvgIpc) is 3.02. The monoisotopic (exact) mass is 598 g/mol. The van der Waals surface area contributed by atoms with E-state index in [-0.39, 0.29) is 27.8 Å². The Kier molecular flexibility index (Phi) is 12.4. The molecule has 0 saturated carbocycles. The van der Waals surface area contributed by atoms with Gasteiger partial charge in [0.05, 0.1) is 21.2 Å². The number of aromatic nitrogens is 1. The van der Waals surface area contributed by atoms with Gasteiger partial charge in [0.15, 0.2) is 0 Å². The fourth-order valence-electron chi connectivity index (χ4n) is 5.01. The van der Waals surface area contributed by atoms with E-state index < -0.39 is 0 Å². The van der Waals surface area contributed by atoms with Crippen LogP contribution in [0.25, 0.3) is 0 Å². The topological polar surface area (TPSA) is 138 Å². The number of hydrogen-bond acceptors (Lipinski definition) is 9. The maximum absolute atomic E-state index is 11.4. The fraction of sp³-hybridized carbons (Fsp3) is 0.303. The first-order valence-corrected chi connectivity index (χ1v) is 14.6. The van der Waals surface area contributed by atoms with E-state index in [1.165, 1.54) is 12.1 Å². The Balaban J connectivity index is 1.50. The summed E-state index contributed by atoms with van der Waals surface area (Å²) in [4.78, 5) is 31.3. The molecule has 1 aromatic heterocycles. The molecule has 3 aromatic carbocycles. The number of aliphatic hydroxyl groups is 1. The van der Waals surface area contributed by atoms with Crippen LogP contribution >= 0.6 is 0 Å². The van der Waals surface area contributed by atoms with Crippen molar-refractivity contribution >= 4 is 11.4 Å². The molecule has 0 atom stereocenters. The molecule has 0 aliphatic rings. The molecular formula is C33H38N6O5. The second-order valence-corrected chi connectivity index (χ2v) is 10.6. The SMILES string of the molecule is O=[N+]([O-])c1cccc(CN(CCNCCCO)Cc2cccc(CN(Cc3ccccc3)Cc3cccc([N+](=O)[O-])c3)n2)c1. The van der Waals surface area contributed by atoms with Crippen molar-refractivity contribution in [1.29, 1.82) is 0 Å². The van der Waals surface area contributed by atoms with Gasteiger partial charge in [-0.1, -0.05) is 60.7 Å². The minimum Gasteiger partial charge on any atom is -0.396 e. The molecule has 11 nitrogen and oxygen atoms in total. The van der Waals surface area contributed by atoms with Crippen molar-refractivity contribution in [2.75, 3.05) is 26.2 Å². The van der Waals surface area contributed by atoms with E-state index in [0.29, 0.717) is 58.8 Å². The summed E-state index contributed by atoms with van der Waals surface area (Å²) < 4.78 is 0. The Hall–Kier alpha value is -4.55. The molecule has 0 fully saturated rings. The molecule has 0 bridgehead atoms. The summed E-state index contributed by atoms with van der Waals surface area (Å²) in [5.74, 6) is 0. The Morgan fingerprint density at radius 3 is 1.75 bits per heavy atom. The van der Waals surface area contributed by atoms with Crippen LogP contribution in [0.4, 0.5) is 11.4 Å². The van der Waals surface area contributed by atoms with E-state index in [0.717, 1.165) is 28.1 Å². The normalized spacial score (nSPS) is 11.2. The zero-order chi connectivity index (χ0) is 31.1. The van der Waals surface area contributed by atoms with Gasteiger partial charge in [-0.2, -0.15) is 0 Å². The van der Waals surface area contributed by atoms with Gasteiger partial charge in [-0.3, -0.25) is 35.0 Å². The molecule has 0 aliphatic heterocycles. The molecule has 0 saturated heterocycles. The predicted octanol–water partition coefficient (Wildman–Crippen LogP) is 5.07. The summed E-state index contributed by atoms with van der Waals surface area (Å²) >= 11 is 0. The summed E-state index contributed by atoms with van der Waals surface area (Å²) in [7, 11) is 0. The number of aliphatic hydroxyl groups excluding tert-OH is 1. The van der Waals surface area contributed by atoms with Crippen molar-refractivity contribution in [3.63, 3.8) is 0 Å². The third kappa shape index (κ3) is 10.6. The van der Waals surface area contributed by atoms with Gasteiger partial charge in [-0.25, -0.2) is 0 Å². The summed E-state index contributed by atoms with van der Waals surface area (Å²) in [6.45, 7) is 4.98. The largest absolute Gasteiger partial charge is 0.396 e. The number of benzene rings is 3. The van der Waals surface area contributed by atoms with Crippen molar-refractivity contribution in [2.45, 2.75) is 39.1 Å². The molecule has 230 valence electrons. The van der Waals surface area contributed by atoms with Crippen molar-refractivity contribution < 1.29 is 15.0 Å². The standard InChI is InChI=1S/C33H38N6O5/c40-19-7-16-34-17-18-36(23-28-10-4-14-32(20-28)38(41)42)25-30-12-6-13-31(35-30)26-37(22-27-8-2-1-3-9-27)24-29-11-5-15-33(21-29)39(43)44/h1-6,8-15,20-21,34,40H,7,16-19,22-26H2. The van der Waals surface area contributed by atoms with Crippen LogP contribution in [-0.4, -0.2) is 56.0 Å². The molecule has 2 N–H and O–H groups in total. The van der Waals surface area contributed by atoms with Crippen LogP contribution in [0.1, 0.15) is 34.5 Å². The molecule has 0 unspecified atom stereocenters. The number of nitro benzene ring substituents is 2. The van der Waals surface area contributed by atoms with E-state index in [2.05, 4.69) is 27.2 Å². The van der Waals surface area contributed by atoms with Crippen LogP contribution in [0.15, 0.2) is 97.1 Å². The highest BCUT2D eigenvalue weighted by atomic mass is 16.6. The molecule has 0 spiro atoms. The number of rotatable bonds is 18. The maximum Gasteiger partial charge on any atom is 0.269 e. The van der Waals surface area contributed by atoms with Gasteiger partial charge in [0.1, 0.15) is 0 Å². The van der Waals surface area contributed by atoms with Gasteiger partial charge in [-0.05, 0) is 41.8 Å². The lowest BCUT2D eigenvalue weighted by Gasteiger charge is -2.24. The molecule has 0 aliphatic carbocycles. The molecule has 1 heterocycles. The summed E-state index contributed by atoms with van der Waals surface area (Å²) in [6.07, 6.45) is 0.671. The molecule has 44 heavy (non-hydrogen) atoms. The number of nitrogens with zero attached hydrogens (tertiary/aromatic N) is 5. The van der Waals surface area contributed by atoms with Crippen molar-refractivity contribution in [3.05, 3.63) is 145 Å². The van der Waals surface area contributed by atoms with Gasteiger partial charge >= 0.3 is 0 Å². The zero-order valence-electron chi connectivity index (χ0n) is 24.6. The number of non-ortho nitro benzene ring substituents is 2. The molecule has 0 radical (unpaired) electrons. The summed E-state index contributed by atoms with van der Waals surface area (Å²) in [6, 6.07) is 29.4. The summed E-state index contributed by atoms with van der Waals surface area (Å²) in [5, 5.41) is 35.1. The Morgan fingerprint density at radius 1 is 0.636 bits per heavy atom. The minimum absolute atomic E-state index is 0.0610. The van der Waals surface area contributed by atoms with Crippen molar-refractivity contribution in [3.8, 4) is 0 Å². The predicted molar refractivity (Wildman–Crippen MR) is 169 cm³/mol. The first kappa shape index (κ1) is 32.4. The highest BCUT2D eigenvalue weighted by Gasteiger charge is 2.15. The Bertz CT molecular complexity index is 1500. The molecule has 0 amide bonds. The van der Waals surface area contributed by atoms with E-state index in [4.69, 9.17) is 10.1 Å². The van der Waals surface area contributed by atoms with Crippen molar-refractivity contribution in [1.82, 2.24) is 20.1 Å². The van der Waals surface area contributed by atoms with Crippen LogP contribution in [-0.2, 0) is 32.7 Å². The highest BCUT2D eigenvalue weighted by Crippen LogP contribution is 2.19. The van der Waals surface area contributed by atoms with Crippen LogP contribution in [0.3, 0.4) is 0 Å². The number of pyridine rings is 1. The Labute approximate surface area is 257 Å². The second kappa shape index (κ2) is 16.9. The molecule has 4 rings (SSSR count). The molecule has 11 heteroatoms. The van der Waals surface area contributed by atoms with E-state index in [9.17, 15) is 20.2 Å². The summed E-state index contributed by atoms with van der Waals surface area (Å²) in [5.41, 5.74) is 4.70. The lowest BCUT2D eigenvalue weighted by Crippen LogP contribution is -2.32.